The van der Waals surface area contributed by atoms with Gasteiger partial charge in [0.15, 0.2) is 0 Å². The Morgan fingerprint density at radius 2 is 1.95 bits per heavy atom. The van der Waals surface area contributed by atoms with Crippen molar-refractivity contribution in [2.24, 2.45) is 0 Å². The van der Waals surface area contributed by atoms with E-state index in [9.17, 15) is 18.7 Å². The highest BCUT2D eigenvalue weighted by Gasteiger charge is 2.20. The minimum absolute atomic E-state index is 0.0142. The summed E-state index contributed by atoms with van der Waals surface area (Å²) in [6.45, 7) is 2.88. The van der Waals surface area contributed by atoms with Gasteiger partial charge in [-0.2, -0.15) is 0 Å². The number of carbonyl (C=O) groups excluding carboxylic acids is 1. The quantitative estimate of drug-likeness (QED) is 0.894. The molecular formula is C13H14F2N4O2. The lowest BCUT2D eigenvalue weighted by molar-refractivity contribution is -0.116. The van der Waals surface area contributed by atoms with Gasteiger partial charge in [0, 0.05) is 11.8 Å². The molecule has 0 radical (unpaired) electrons. The van der Waals surface area contributed by atoms with Crippen LogP contribution in [0.3, 0.4) is 0 Å². The number of rotatable bonds is 4. The number of aromatic nitrogens is 3. The highest BCUT2D eigenvalue weighted by Crippen LogP contribution is 2.16. The molecule has 6 nitrogen and oxygen atoms in total. The van der Waals surface area contributed by atoms with Crippen molar-refractivity contribution in [2.75, 3.05) is 5.32 Å². The lowest BCUT2D eigenvalue weighted by Gasteiger charge is -2.11. The van der Waals surface area contributed by atoms with Crippen LogP contribution >= 0.6 is 0 Å². The Morgan fingerprint density at radius 3 is 2.48 bits per heavy atom. The lowest BCUT2D eigenvalue weighted by Crippen LogP contribution is -2.19. The van der Waals surface area contributed by atoms with E-state index in [4.69, 9.17) is 0 Å². The first-order valence-corrected chi connectivity index (χ1v) is 6.13. The molecule has 1 heterocycles. The van der Waals surface area contributed by atoms with Crippen LogP contribution in [0.1, 0.15) is 19.5 Å². The summed E-state index contributed by atoms with van der Waals surface area (Å²) in [7, 11) is 0. The molecule has 0 fully saturated rings. The smallest absolute Gasteiger partial charge is 0.246 e. The third-order valence-electron chi connectivity index (χ3n) is 2.62. The van der Waals surface area contributed by atoms with Crippen molar-refractivity contribution in [3.63, 3.8) is 0 Å². The molecule has 112 valence electrons. The number of carbonyl (C=O) groups is 1. The minimum Gasteiger partial charge on any atom is -0.384 e. The molecule has 0 aliphatic heterocycles. The van der Waals surface area contributed by atoms with Gasteiger partial charge in [-0.1, -0.05) is 5.21 Å². The van der Waals surface area contributed by atoms with Gasteiger partial charge in [0.1, 0.15) is 29.5 Å². The van der Waals surface area contributed by atoms with E-state index in [2.05, 4.69) is 15.6 Å². The van der Waals surface area contributed by atoms with E-state index in [0.29, 0.717) is 11.8 Å². The fourth-order valence-electron chi connectivity index (χ4n) is 1.63. The number of halogens is 2. The van der Waals surface area contributed by atoms with Crippen molar-refractivity contribution in [3.8, 4) is 0 Å². The number of nitrogens with zero attached hydrogens (tertiary/aromatic N) is 3. The topological polar surface area (TPSA) is 80.0 Å². The predicted molar refractivity (Wildman–Crippen MR) is 70.3 cm³/mol. The van der Waals surface area contributed by atoms with Crippen LogP contribution in [0.4, 0.5) is 14.5 Å². The average Bonchev–Trinajstić information content (AvgIpc) is 2.75. The zero-order valence-electron chi connectivity index (χ0n) is 11.5. The second-order valence-corrected chi connectivity index (χ2v) is 5.07. The number of nitrogens with one attached hydrogen (secondary N) is 1. The summed E-state index contributed by atoms with van der Waals surface area (Å²) in [5, 5.41) is 19.5. The molecule has 1 amide bonds. The van der Waals surface area contributed by atoms with Gasteiger partial charge in [-0.15, -0.1) is 5.10 Å². The van der Waals surface area contributed by atoms with E-state index < -0.39 is 23.1 Å². The van der Waals surface area contributed by atoms with E-state index in [0.717, 1.165) is 12.1 Å². The van der Waals surface area contributed by atoms with Gasteiger partial charge in [0.25, 0.3) is 0 Å². The fourth-order valence-corrected chi connectivity index (χ4v) is 1.63. The number of hydrogen-bond acceptors (Lipinski definition) is 4. The van der Waals surface area contributed by atoms with Gasteiger partial charge in [0.05, 0.1) is 6.20 Å². The standard InChI is InChI=1S/C13H14F2N4O2/c1-13(2,21)11-6-19(18-17-11)7-12(20)16-10-4-8(14)3-9(15)5-10/h3-6,21H,7H2,1-2H3,(H,16,20). The molecule has 0 atom stereocenters. The van der Waals surface area contributed by atoms with Gasteiger partial charge in [-0.3, -0.25) is 4.79 Å². The Morgan fingerprint density at radius 1 is 1.33 bits per heavy atom. The lowest BCUT2D eigenvalue weighted by atomic mass is 10.1. The summed E-state index contributed by atoms with van der Waals surface area (Å²) in [6.07, 6.45) is 1.42. The summed E-state index contributed by atoms with van der Waals surface area (Å²) in [5.74, 6) is -2.09. The van der Waals surface area contributed by atoms with Crippen molar-refractivity contribution in [1.29, 1.82) is 0 Å². The zero-order valence-corrected chi connectivity index (χ0v) is 11.5. The molecule has 0 spiro atoms. The van der Waals surface area contributed by atoms with Crippen molar-refractivity contribution in [1.82, 2.24) is 15.0 Å². The van der Waals surface area contributed by atoms with Gasteiger partial charge < -0.3 is 10.4 Å². The molecular weight excluding hydrogens is 282 g/mol. The van der Waals surface area contributed by atoms with E-state index in [1.165, 1.54) is 24.7 Å². The third-order valence-corrected chi connectivity index (χ3v) is 2.62. The zero-order chi connectivity index (χ0) is 15.6. The van der Waals surface area contributed by atoms with Crippen LogP contribution in [0.25, 0.3) is 0 Å². The van der Waals surface area contributed by atoms with E-state index >= 15 is 0 Å². The van der Waals surface area contributed by atoms with Gasteiger partial charge in [0.2, 0.25) is 5.91 Å². The highest BCUT2D eigenvalue weighted by atomic mass is 19.1. The Labute approximate surface area is 119 Å². The molecule has 0 saturated carbocycles. The SMILES string of the molecule is CC(C)(O)c1cn(CC(=O)Nc2cc(F)cc(F)c2)nn1. The number of anilines is 1. The fraction of sp³-hybridized carbons (Fsp3) is 0.308. The normalized spacial score (nSPS) is 11.5. The molecule has 2 N–H and O–H groups in total. The predicted octanol–water partition coefficient (Wildman–Crippen LogP) is 1.42. The summed E-state index contributed by atoms with van der Waals surface area (Å²) in [6, 6.07) is 2.72. The van der Waals surface area contributed by atoms with Crippen molar-refractivity contribution < 1.29 is 18.7 Å². The van der Waals surface area contributed by atoms with E-state index in [1.54, 1.807) is 0 Å². The number of aliphatic hydroxyl groups is 1. The molecule has 0 unspecified atom stereocenters. The molecule has 0 bridgehead atoms. The van der Waals surface area contributed by atoms with Crippen LogP contribution in [0, 0.1) is 11.6 Å². The van der Waals surface area contributed by atoms with Crippen LogP contribution in [0.15, 0.2) is 24.4 Å². The van der Waals surface area contributed by atoms with Crippen LogP contribution < -0.4 is 5.32 Å². The maximum Gasteiger partial charge on any atom is 0.246 e. The first-order chi connectivity index (χ1) is 9.74. The minimum atomic E-state index is -1.17. The maximum absolute atomic E-state index is 13.0. The van der Waals surface area contributed by atoms with Crippen LogP contribution in [0.5, 0.6) is 0 Å². The molecule has 0 saturated heterocycles. The summed E-state index contributed by atoms with van der Waals surface area (Å²) in [5.41, 5.74) is -0.840. The van der Waals surface area contributed by atoms with Crippen LogP contribution in [-0.4, -0.2) is 26.0 Å². The molecule has 0 aliphatic rings. The molecule has 2 aromatic rings. The van der Waals surface area contributed by atoms with Crippen molar-refractivity contribution >= 4 is 11.6 Å². The van der Waals surface area contributed by atoms with E-state index in [1.807, 2.05) is 0 Å². The molecule has 1 aromatic heterocycles. The van der Waals surface area contributed by atoms with Gasteiger partial charge >= 0.3 is 0 Å². The van der Waals surface area contributed by atoms with Gasteiger partial charge in [-0.05, 0) is 26.0 Å². The molecule has 1 aromatic carbocycles. The highest BCUT2D eigenvalue weighted by molar-refractivity contribution is 5.90. The number of amides is 1. The second-order valence-electron chi connectivity index (χ2n) is 5.07. The number of benzene rings is 1. The molecule has 8 heteroatoms. The Hall–Kier alpha value is -2.35. The monoisotopic (exact) mass is 296 g/mol. The van der Waals surface area contributed by atoms with Crippen LogP contribution in [0.2, 0.25) is 0 Å². The average molecular weight is 296 g/mol. The van der Waals surface area contributed by atoms with Crippen molar-refractivity contribution in [3.05, 3.63) is 41.7 Å². The summed E-state index contributed by atoms with van der Waals surface area (Å²) >= 11 is 0. The largest absolute Gasteiger partial charge is 0.384 e. The van der Waals surface area contributed by atoms with Gasteiger partial charge in [-0.25, -0.2) is 13.5 Å². The van der Waals surface area contributed by atoms with E-state index in [-0.39, 0.29) is 12.2 Å². The molecule has 0 aliphatic carbocycles. The molecule has 2 rings (SSSR count). The summed E-state index contributed by atoms with van der Waals surface area (Å²) in [4.78, 5) is 11.8. The van der Waals surface area contributed by atoms with Crippen molar-refractivity contribution in [2.45, 2.75) is 26.0 Å². The first kappa shape index (κ1) is 15.0. The third kappa shape index (κ3) is 4.06. The molecule has 21 heavy (non-hydrogen) atoms. The maximum atomic E-state index is 13.0. The Bertz CT molecular complexity index is 644. The summed E-state index contributed by atoms with van der Waals surface area (Å²) < 4.78 is 27.2. The second kappa shape index (κ2) is 5.57. The Balaban J connectivity index is 2.03. The number of hydrogen-bond donors (Lipinski definition) is 2. The van der Waals surface area contributed by atoms with Crippen LogP contribution in [-0.2, 0) is 16.9 Å². The Kier molecular flexibility index (Phi) is 3.99. The first-order valence-electron chi connectivity index (χ1n) is 6.13.